The highest BCUT2D eigenvalue weighted by Crippen LogP contribution is 2.22. The van der Waals surface area contributed by atoms with E-state index in [1.54, 1.807) is 12.0 Å². The lowest BCUT2D eigenvalue weighted by atomic mass is 10.1. The molecule has 37 heavy (non-hydrogen) atoms. The molecule has 1 aliphatic rings. The van der Waals surface area contributed by atoms with Crippen molar-refractivity contribution >= 4 is 17.6 Å². The van der Waals surface area contributed by atoms with Crippen molar-refractivity contribution in [3.63, 3.8) is 0 Å². The third-order valence-electron chi connectivity index (χ3n) is 6.70. The molecule has 0 saturated carbocycles. The molecule has 1 aromatic heterocycles. The zero-order chi connectivity index (χ0) is 26.0. The number of rotatable bonds is 9. The average Bonchev–Trinajstić information content (AvgIpc) is 3.22. The molecule has 0 aliphatic carbocycles. The molecule has 0 spiro atoms. The topological polar surface area (TPSA) is 78.9 Å². The third-order valence-corrected chi connectivity index (χ3v) is 6.70. The number of hydrogen-bond donors (Lipinski definition) is 0. The molecule has 0 N–H and O–H groups in total. The maximum atomic E-state index is 13.2. The smallest absolute Gasteiger partial charge is 0.242 e. The van der Waals surface area contributed by atoms with E-state index in [0.717, 1.165) is 47.8 Å². The van der Waals surface area contributed by atoms with Crippen molar-refractivity contribution in [2.24, 2.45) is 0 Å². The zero-order valence-electron chi connectivity index (χ0n) is 21.7. The summed E-state index contributed by atoms with van der Waals surface area (Å²) in [7, 11) is 1.65. The molecule has 2 heterocycles. The fourth-order valence-electron chi connectivity index (χ4n) is 4.49. The summed E-state index contributed by atoms with van der Waals surface area (Å²) < 4.78 is 5.22. The number of ether oxygens (including phenoxy) is 1. The van der Waals surface area contributed by atoms with Crippen LogP contribution in [0.1, 0.15) is 25.3 Å². The molecular weight excluding hydrogens is 466 g/mol. The number of carbonyl (C=O) groups is 2. The molecular formula is C29H35N5O3. The van der Waals surface area contributed by atoms with Crippen LogP contribution in [-0.4, -0.2) is 78.2 Å². The van der Waals surface area contributed by atoms with Crippen LogP contribution in [-0.2, 0) is 16.0 Å². The lowest BCUT2D eigenvalue weighted by molar-refractivity contribution is -0.140. The molecule has 194 valence electrons. The maximum absolute atomic E-state index is 13.2. The Hall–Kier alpha value is -3.94. The van der Waals surface area contributed by atoms with Crippen molar-refractivity contribution in [2.75, 3.05) is 51.3 Å². The van der Waals surface area contributed by atoms with Crippen molar-refractivity contribution in [3.05, 3.63) is 72.3 Å². The van der Waals surface area contributed by atoms with E-state index in [2.05, 4.69) is 15.1 Å². The van der Waals surface area contributed by atoms with Crippen molar-refractivity contribution in [2.45, 2.75) is 26.2 Å². The van der Waals surface area contributed by atoms with Crippen molar-refractivity contribution in [1.29, 1.82) is 0 Å². The molecule has 1 fully saturated rings. The van der Waals surface area contributed by atoms with Gasteiger partial charge in [-0.1, -0.05) is 37.3 Å². The number of methoxy groups -OCH3 is 1. The van der Waals surface area contributed by atoms with Crippen LogP contribution in [0.3, 0.4) is 0 Å². The molecule has 1 saturated heterocycles. The van der Waals surface area contributed by atoms with Crippen molar-refractivity contribution in [3.8, 4) is 17.0 Å². The van der Waals surface area contributed by atoms with E-state index in [0.29, 0.717) is 32.6 Å². The summed E-state index contributed by atoms with van der Waals surface area (Å²) in [6.07, 6.45) is 1.96. The van der Waals surface area contributed by atoms with Crippen LogP contribution in [0.5, 0.6) is 5.75 Å². The number of benzene rings is 2. The predicted octanol–water partition coefficient (Wildman–Crippen LogP) is 3.67. The lowest BCUT2D eigenvalue weighted by Crippen LogP contribution is -2.44. The van der Waals surface area contributed by atoms with Crippen LogP contribution >= 0.6 is 0 Å². The minimum Gasteiger partial charge on any atom is -0.497 e. The van der Waals surface area contributed by atoms with Gasteiger partial charge in [0.15, 0.2) is 5.82 Å². The van der Waals surface area contributed by atoms with Gasteiger partial charge >= 0.3 is 0 Å². The fraction of sp³-hybridized carbons (Fsp3) is 0.379. The summed E-state index contributed by atoms with van der Waals surface area (Å²) in [6, 6.07) is 21.7. The van der Waals surface area contributed by atoms with Crippen LogP contribution in [0.15, 0.2) is 66.7 Å². The van der Waals surface area contributed by atoms with Crippen LogP contribution in [0.2, 0.25) is 0 Å². The van der Waals surface area contributed by atoms with Crippen LogP contribution in [0.25, 0.3) is 11.3 Å². The summed E-state index contributed by atoms with van der Waals surface area (Å²) in [5.74, 6) is 1.61. The zero-order valence-corrected chi connectivity index (χ0v) is 21.7. The number of amides is 2. The van der Waals surface area contributed by atoms with Gasteiger partial charge in [0.2, 0.25) is 11.8 Å². The maximum Gasteiger partial charge on any atom is 0.242 e. The van der Waals surface area contributed by atoms with Crippen LogP contribution < -0.4 is 9.64 Å². The molecule has 4 rings (SSSR count). The molecule has 0 unspecified atom stereocenters. The first kappa shape index (κ1) is 26.1. The van der Waals surface area contributed by atoms with Crippen molar-refractivity contribution < 1.29 is 14.3 Å². The summed E-state index contributed by atoms with van der Waals surface area (Å²) >= 11 is 0. The van der Waals surface area contributed by atoms with E-state index in [1.807, 2.05) is 78.6 Å². The van der Waals surface area contributed by atoms with Gasteiger partial charge in [-0.2, -0.15) is 0 Å². The van der Waals surface area contributed by atoms with Crippen LogP contribution in [0.4, 0.5) is 5.82 Å². The first-order chi connectivity index (χ1) is 18.1. The Morgan fingerprint density at radius 1 is 0.919 bits per heavy atom. The van der Waals surface area contributed by atoms with E-state index < -0.39 is 0 Å². The molecule has 3 aromatic rings. The summed E-state index contributed by atoms with van der Waals surface area (Å²) in [5.41, 5.74) is 2.94. The molecule has 0 bridgehead atoms. The first-order valence-corrected chi connectivity index (χ1v) is 12.9. The SMILES string of the molecule is CCC(=O)N(CCc1ccccc1)CC(=O)N1CCCN(c2ccc(-c3ccc(OC)cc3)nn2)CC1. The number of anilines is 1. The highest BCUT2D eigenvalue weighted by atomic mass is 16.5. The van der Waals surface area contributed by atoms with Gasteiger partial charge in [-0.25, -0.2) is 0 Å². The van der Waals surface area contributed by atoms with E-state index >= 15 is 0 Å². The standard InChI is InChI=1S/C29H35N5O3/c1-3-28(35)34(19-16-23-8-5-4-6-9-23)22-29(36)33-18-7-17-32(20-21-33)27-15-14-26(30-31-27)24-10-12-25(37-2)13-11-24/h4-6,8-15H,3,7,16-22H2,1-2H3. The monoisotopic (exact) mass is 501 g/mol. The van der Waals surface area contributed by atoms with Crippen LogP contribution in [0, 0.1) is 0 Å². The van der Waals surface area contributed by atoms with E-state index in [4.69, 9.17) is 4.74 Å². The Labute approximate surface area is 218 Å². The minimum atomic E-state index is -0.00218. The predicted molar refractivity (Wildman–Crippen MR) is 144 cm³/mol. The van der Waals surface area contributed by atoms with Gasteiger partial charge in [0, 0.05) is 44.7 Å². The number of carbonyl (C=O) groups excluding carboxylic acids is 2. The first-order valence-electron chi connectivity index (χ1n) is 12.9. The van der Waals surface area contributed by atoms with E-state index in [-0.39, 0.29) is 18.4 Å². The normalized spacial score (nSPS) is 13.7. The Balaban J connectivity index is 1.33. The van der Waals surface area contributed by atoms with Gasteiger partial charge in [0.05, 0.1) is 19.3 Å². The molecule has 1 aliphatic heterocycles. The number of hydrogen-bond acceptors (Lipinski definition) is 6. The lowest BCUT2D eigenvalue weighted by Gasteiger charge is -2.27. The second kappa shape index (κ2) is 12.9. The second-order valence-corrected chi connectivity index (χ2v) is 9.13. The van der Waals surface area contributed by atoms with Gasteiger partial charge in [-0.05, 0) is 54.8 Å². The quantitative estimate of drug-likeness (QED) is 0.445. The number of aromatic nitrogens is 2. The van der Waals surface area contributed by atoms with E-state index in [9.17, 15) is 9.59 Å². The summed E-state index contributed by atoms with van der Waals surface area (Å²) in [4.78, 5) is 31.4. The summed E-state index contributed by atoms with van der Waals surface area (Å²) in [5, 5.41) is 8.88. The van der Waals surface area contributed by atoms with Gasteiger partial charge in [0.25, 0.3) is 0 Å². The highest BCUT2D eigenvalue weighted by molar-refractivity contribution is 5.84. The Kier molecular flexibility index (Phi) is 9.08. The molecule has 2 aromatic carbocycles. The Bertz CT molecular complexity index is 1150. The Morgan fingerprint density at radius 2 is 1.70 bits per heavy atom. The van der Waals surface area contributed by atoms with Gasteiger partial charge in [0.1, 0.15) is 5.75 Å². The summed E-state index contributed by atoms with van der Waals surface area (Å²) in [6.45, 7) is 5.23. The van der Waals surface area contributed by atoms with E-state index in [1.165, 1.54) is 0 Å². The van der Waals surface area contributed by atoms with Gasteiger partial charge in [-0.15, -0.1) is 10.2 Å². The Morgan fingerprint density at radius 3 is 2.38 bits per heavy atom. The molecule has 2 amide bonds. The highest BCUT2D eigenvalue weighted by Gasteiger charge is 2.23. The third kappa shape index (κ3) is 7.06. The average molecular weight is 502 g/mol. The minimum absolute atomic E-state index is 0.00218. The van der Waals surface area contributed by atoms with Gasteiger partial charge in [-0.3, -0.25) is 9.59 Å². The molecule has 8 heteroatoms. The largest absolute Gasteiger partial charge is 0.497 e. The number of nitrogens with zero attached hydrogens (tertiary/aromatic N) is 5. The second-order valence-electron chi connectivity index (χ2n) is 9.13. The molecule has 8 nitrogen and oxygen atoms in total. The van der Waals surface area contributed by atoms with Crippen molar-refractivity contribution in [1.82, 2.24) is 20.0 Å². The molecule has 0 radical (unpaired) electrons. The fourth-order valence-corrected chi connectivity index (χ4v) is 4.49. The van der Waals surface area contributed by atoms with Gasteiger partial charge < -0.3 is 19.4 Å². The molecule has 0 atom stereocenters.